The van der Waals surface area contributed by atoms with Gasteiger partial charge in [0.05, 0.1) is 11.7 Å². The van der Waals surface area contributed by atoms with E-state index in [9.17, 15) is 53.1 Å². The molecule has 2 unspecified atom stereocenters. The maximum Gasteiger partial charge on any atom is 0.306 e. The van der Waals surface area contributed by atoms with Gasteiger partial charge in [-0.3, -0.25) is 52.8 Å². The van der Waals surface area contributed by atoms with Gasteiger partial charge in [-0.05, 0) is 36.5 Å². The van der Waals surface area contributed by atoms with Gasteiger partial charge in [-0.25, -0.2) is 0 Å². The van der Waals surface area contributed by atoms with Crippen LogP contribution >= 0.6 is 11.8 Å². The number of aromatic amines is 1. The Morgan fingerprint density at radius 3 is 1.63 bits per heavy atom. The van der Waals surface area contributed by atoms with E-state index in [1.807, 2.05) is 31.2 Å². The summed E-state index contributed by atoms with van der Waals surface area (Å²) in [6.07, 6.45) is 31.3. The number of imide groups is 1. The average Bonchev–Trinajstić information content (AvgIpc) is 1.75. The molecule has 0 radical (unpaired) electrons. The van der Waals surface area contributed by atoms with Gasteiger partial charge in [0.2, 0.25) is 41.4 Å². The molecule has 1 aliphatic rings. The summed E-state index contributed by atoms with van der Waals surface area (Å²) < 4.78 is 11.6. The zero-order valence-electron chi connectivity index (χ0n) is 56.1. The van der Waals surface area contributed by atoms with Gasteiger partial charge in [-0.1, -0.05) is 236 Å². The summed E-state index contributed by atoms with van der Waals surface area (Å²) in [5.74, 6) is -7.43. The summed E-state index contributed by atoms with van der Waals surface area (Å²) in [5, 5.41) is 20.1. The number of carboxylic acids is 1. The van der Waals surface area contributed by atoms with Crippen molar-refractivity contribution in [3.05, 3.63) is 71.9 Å². The van der Waals surface area contributed by atoms with E-state index in [1.165, 1.54) is 116 Å². The summed E-state index contributed by atoms with van der Waals surface area (Å²) in [5.41, 5.74) is 7.70. The summed E-state index contributed by atoms with van der Waals surface area (Å²) in [7, 11) is 0. The number of benzene rings is 2. The van der Waals surface area contributed by atoms with Crippen LogP contribution in [0.5, 0.6) is 0 Å². The number of carbonyl (C=O) groups excluding carboxylic acids is 9. The molecule has 1 aromatic heterocycles. The standard InChI is InChI=1S/C72H111N7O13S/c1-4-7-10-12-14-16-18-20-22-24-26-28-33-42-66(84)91-51-55(92-67(85)43-34-29-27-25-23-21-19-17-15-13-11-8-5-2)52-93-62-49-64(81)79(72(62)90)45-44-63(80)75-60(47-54-50-74-57-41-36-35-39-56(54)57)70(88)76-58(40-9-6-3)69(87)78-61(48-65(82)83)71(89)77-59(68(73)86)46-53-37-31-30-32-38-53/h30-32,35-39,41,50,55,58-62,74H,4-29,33-34,40,42-49,51-52H2,1-3H3,(H2,73,86)(H,75,80)(H,76,88)(H,77,89)(H,78,87)(H,82,83)/t55?,58-,59-,60-,61-,62?/m0/s1. The molecule has 2 heterocycles. The third-order valence-electron chi connectivity index (χ3n) is 17.1. The van der Waals surface area contributed by atoms with Crippen molar-refractivity contribution in [2.75, 3.05) is 18.9 Å². The van der Waals surface area contributed by atoms with Gasteiger partial charge in [-0.2, -0.15) is 0 Å². The normalized spacial score (nSPS) is 14.7. The number of unbranched alkanes of at least 4 members (excludes halogenated alkanes) is 25. The number of thioether (sulfide) groups is 1. The largest absolute Gasteiger partial charge is 0.481 e. The minimum Gasteiger partial charge on any atom is -0.481 e. The van der Waals surface area contributed by atoms with Crippen LogP contribution in [0.2, 0.25) is 0 Å². The smallest absolute Gasteiger partial charge is 0.306 e. The number of para-hydroxylation sites is 1. The fourth-order valence-corrected chi connectivity index (χ4v) is 12.7. The lowest BCUT2D eigenvalue weighted by Crippen LogP contribution is -2.58. The minimum absolute atomic E-state index is 0.000769. The van der Waals surface area contributed by atoms with Gasteiger partial charge in [0.25, 0.3) is 0 Å². The summed E-state index contributed by atoms with van der Waals surface area (Å²) in [6, 6.07) is 10.5. The predicted octanol–water partition coefficient (Wildman–Crippen LogP) is 11.7. The lowest BCUT2D eigenvalue weighted by Gasteiger charge is -2.26. The first-order valence-corrected chi connectivity index (χ1v) is 36.2. The SMILES string of the molecule is CCCCCCCCCCCCCCCC(=O)OCC(CSC1CC(=O)N(CCC(=O)N[C@@H](Cc2c[nH]c3ccccc23)C(=O)N[C@@H](CCCC)C(=O)N[C@@H](CC(=O)O)C(=O)N[C@@H](Cc2ccccc2)C(N)=O)C1=O)OC(=O)CCCCCCCCCCCCCCC. The fourth-order valence-electron chi connectivity index (χ4n) is 11.6. The lowest BCUT2D eigenvalue weighted by atomic mass is 10.0. The Kier molecular flexibility index (Phi) is 39.9. The van der Waals surface area contributed by atoms with Crippen molar-refractivity contribution in [3.63, 3.8) is 0 Å². The minimum atomic E-state index is -1.68. The number of likely N-dealkylation sites (tertiary alicyclic amines) is 1. The van der Waals surface area contributed by atoms with Crippen molar-refractivity contribution in [2.24, 2.45) is 5.73 Å². The number of fused-ring (bicyclic) bond motifs is 1. The van der Waals surface area contributed by atoms with Crippen LogP contribution in [-0.2, 0) is 70.3 Å². The quantitative estimate of drug-likeness (QED) is 0.0157. The van der Waals surface area contributed by atoms with E-state index in [1.54, 1.807) is 36.5 Å². The number of nitrogens with one attached hydrogen (secondary N) is 5. The van der Waals surface area contributed by atoms with Crippen LogP contribution in [0, 0.1) is 0 Å². The van der Waals surface area contributed by atoms with Gasteiger partial charge in [0.15, 0.2) is 0 Å². The number of aromatic nitrogens is 1. The van der Waals surface area contributed by atoms with Crippen molar-refractivity contribution < 1.29 is 62.5 Å². The molecular formula is C72H111N7O13S. The second-order valence-electron chi connectivity index (χ2n) is 25.1. The molecule has 3 aromatic rings. The van der Waals surface area contributed by atoms with Crippen molar-refractivity contribution in [2.45, 2.75) is 287 Å². The Bertz CT molecular complexity index is 2730. The van der Waals surface area contributed by atoms with E-state index in [-0.39, 0.29) is 69.8 Å². The van der Waals surface area contributed by atoms with Gasteiger partial charge in [-0.15, -0.1) is 11.8 Å². The van der Waals surface area contributed by atoms with E-state index in [0.29, 0.717) is 36.8 Å². The predicted molar refractivity (Wildman–Crippen MR) is 365 cm³/mol. The van der Waals surface area contributed by atoms with Crippen LogP contribution in [0.15, 0.2) is 60.8 Å². The maximum absolute atomic E-state index is 14.5. The Balaban J connectivity index is 1.36. The first kappa shape index (κ1) is 78.7. The molecule has 0 saturated carbocycles. The van der Waals surface area contributed by atoms with Crippen LogP contribution in [0.25, 0.3) is 10.9 Å². The second kappa shape index (κ2) is 47.2. The number of hydrogen-bond acceptors (Lipinski definition) is 13. The zero-order chi connectivity index (χ0) is 67.4. The molecule has 2 aromatic carbocycles. The number of aliphatic carboxylic acids is 1. The molecule has 21 heteroatoms. The molecule has 0 bridgehead atoms. The second-order valence-corrected chi connectivity index (χ2v) is 26.4. The molecule has 0 spiro atoms. The molecule has 6 atom stereocenters. The first-order valence-electron chi connectivity index (χ1n) is 35.1. The highest BCUT2D eigenvalue weighted by Crippen LogP contribution is 2.28. The number of amides is 7. The molecule has 518 valence electrons. The monoisotopic (exact) mass is 1310 g/mol. The van der Waals surface area contributed by atoms with Crippen LogP contribution in [0.1, 0.15) is 250 Å². The van der Waals surface area contributed by atoms with Crippen LogP contribution in [0.3, 0.4) is 0 Å². The third kappa shape index (κ3) is 32.8. The molecule has 1 aliphatic heterocycles. The molecule has 1 fully saturated rings. The highest BCUT2D eigenvalue weighted by molar-refractivity contribution is 8.00. The Hall–Kier alpha value is -6.77. The van der Waals surface area contributed by atoms with Crippen molar-refractivity contribution >= 4 is 81.9 Å². The Morgan fingerprint density at radius 2 is 1.08 bits per heavy atom. The number of ether oxygens (including phenoxy) is 2. The zero-order valence-corrected chi connectivity index (χ0v) is 56.9. The highest BCUT2D eigenvalue weighted by atomic mass is 32.2. The summed E-state index contributed by atoms with van der Waals surface area (Å²) >= 11 is 1.12. The maximum atomic E-state index is 14.5. The summed E-state index contributed by atoms with van der Waals surface area (Å²) in [4.78, 5) is 138. The van der Waals surface area contributed by atoms with E-state index in [4.69, 9.17) is 15.2 Å². The van der Waals surface area contributed by atoms with Gasteiger partial charge in [0.1, 0.15) is 36.9 Å². The topological polar surface area (TPSA) is 303 Å². The first-order chi connectivity index (χ1) is 45.0. The number of rotatable bonds is 54. The molecule has 4 rings (SSSR count). The van der Waals surface area contributed by atoms with E-state index < -0.39 is 95.2 Å². The van der Waals surface area contributed by atoms with Crippen molar-refractivity contribution in [3.8, 4) is 0 Å². The molecular weight excluding hydrogens is 1200 g/mol. The number of nitrogens with two attached hydrogens (primary N) is 1. The third-order valence-corrected chi connectivity index (χ3v) is 18.5. The number of H-pyrrole nitrogens is 1. The number of carboxylic acid groups (broad SMARTS) is 1. The number of hydrogen-bond donors (Lipinski definition) is 7. The van der Waals surface area contributed by atoms with Crippen LogP contribution < -0.4 is 27.0 Å². The lowest BCUT2D eigenvalue weighted by molar-refractivity contribution is -0.157. The van der Waals surface area contributed by atoms with E-state index in [0.717, 1.165) is 66.1 Å². The molecule has 93 heavy (non-hydrogen) atoms. The fraction of sp³-hybridized carbons (Fsp3) is 0.667. The molecule has 1 saturated heterocycles. The number of nitrogens with zero attached hydrogens (tertiary/aromatic N) is 1. The Labute approximate surface area is 557 Å². The van der Waals surface area contributed by atoms with Gasteiger partial charge < -0.3 is 46.6 Å². The van der Waals surface area contributed by atoms with Crippen molar-refractivity contribution in [1.82, 2.24) is 31.2 Å². The molecule has 7 amide bonds. The van der Waals surface area contributed by atoms with Crippen LogP contribution in [0.4, 0.5) is 0 Å². The molecule has 0 aliphatic carbocycles. The molecule has 20 nitrogen and oxygen atoms in total. The van der Waals surface area contributed by atoms with Crippen LogP contribution in [-0.4, -0.2) is 129 Å². The Morgan fingerprint density at radius 1 is 0.581 bits per heavy atom. The van der Waals surface area contributed by atoms with E-state index in [2.05, 4.69) is 40.1 Å². The number of carbonyl (C=O) groups is 10. The van der Waals surface area contributed by atoms with E-state index >= 15 is 0 Å². The van der Waals surface area contributed by atoms with Crippen molar-refractivity contribution in [1.29, 1.82) is 0 Å². The average molecular weight is 1310 g/mol. The highest BCUT2D eigenvalue weighted by Gasteiger charge is 2.40. The molecule has 8 N–H and O–H groups in total. The van der Waals surface area contributed by atoms with Gasteiger partial charge in [0, 0.05) is 67.9 Å². The van der Waals surface area contributed by atoms with Gasteiger partial charge >= 0.3 is 17.9 Å². The number of esters is 2. The number of primary amides is 1. The summed E-state index contributed by atoms with van der Waals surface area (Å²) in [6.45, 7) is 5.82.